The van der Waals surface area contributed by atoms with E-state index in [0.717, 1.165) is 37.4 Å². The van der Waals surface area contributed by atoms with Gasteiger partial charge >= 0.3 is 10.2 Å². The quantitative estimate of drug-likeness (QED) is 0.854. The molecule has 2 aliphatic heterocycles. The second-order valence-corrected chi connectivity index (χ2v) is 8.15. The maximum atomic E-state index is 13.5. The summed E-state index contributed by atoms with van der Waals surface area (Å²) < 4.78 is 42.7. The van der Waals surface area contributed by atoms with Crippen molar-refractivity contribution in [1.29, 1.82) is 0 Å². The van der Waals surface area contributed by atoms with E-state index in [9.17, 15) is 12.8 Å². The summed E-state index contributed by atoms with van der Waals surface area (Å²) in [6.07, 6.45) is 0. The molecule has 6 nitrogen and oxygen atoms in total. The third-order valence-electron chi connectivity index (χ3n) is 4.79. The Kier molecular flexibility index (Phi) is 4.56. The number of nitrogens with zero attached hydrogens (tertiary/aromatic N) is 2. The molecule has 8 heteroatoms. The third-order valence-corrected chi connectivity index (χ3v) is 6.20. The Hall–Kier alpha value is -2.16. The van der Waals surface area contributed by atoms with Crippen LogP contribution in [-0.4, -0.2) is 34.6 Å². The molecule has 0 aliphatic carbocycles. The summed E-state index contributed by atoms with van der Waals surface area (Å²) in [5.41, 5.74) is 3.27. The lowest BCUT2D eigenvalue weighted by molar-refractivity contribution is 0.567. The number of benzene rings is 2. The van der Waals surface area contributed by atoms with Crippen LogP contribution in [0.4, 0.5) is 15.8 Å². The zero-order valence-corrected chi connectivity index (χ0v) is 15.1. The standard InChI is InChI=1S/C18H21FN4O2S/c19-15-4-1-3-14(11-15)13-23-18-6-2-5-17(22-9-7-20-8-10-22)16(18)12-21-26(23,24)25/h1-6,11,20-21H,7-10,12-13H2. The average Bonchev–Trinajstić information content (AvgIpc) is 2.64. The van der Waals surface area contributed by atoms with Crippen LogP contribution < -0.4 is 19.2 Å². The molecular formula is C18H21FN4O2S. The molecule has 26 heavy (non-hydrogen) atoms. The molecule has 2 aliphatic rings. The second-order valence-electron chi connectivity index (χ2n) is 6.47. The zero-order chi connectivity index (χ0) is 18.1. The van der Waals surface area contributed by atoms with Gasteiger partial charge in [-0.05, 0) is 29.8 Å². The first kappa shape index (κ1) is 17.3. The van der Waals surface area contributed by atoms with Crippen molar-refractivity contribution in [3.63, 3.8) is 0 Å². The Morgan fingerprint density at radius 3 is 2.54 bits per heavy atom. The van der Waals surface area contributed by atoms with Gasteiger partial charge in [0.25, 0.3) is 0 Å². The van der Waals surface area contributed by atoms with Crippen molar-refractivity contribution in [2.75, 3.05) is 35.4 Å². The maximum absolute atomic E-state index is 13.5. The highest BCUT2D eigenvalue weighted by atomic mass is 32.2. The van der Waals surface area contributed by atoms with Crippen LogP contribution in [0.2, 0.25) is 0 Å². The molecule has 2 heterocycles. The first-order valence-corrected chi connectivity index (χ1v) is 10.1. The molecule has 1 fully saturated rings. The highest BCUT2D eigenvalue weighted by Gasteiger charge is 2.31. The van der Waals surface area contributed by atoms with E-state index in [1.807, 2.05) is 18.2 Å². The minimum atomic E-state index is -3.67. The molecule has 0 aromatic heterocycles. The Labute approximate surface area is 152 Å². The van der Waals surface area contributed by atoms with Crippen molar-refractivity contribution in [3.8, 4) is 0 Å². The van der Waals surface area contributed by atoms with Crippen molar-refractivity contribution in [2.24, 2.45) is 0 Å². The second kappa shape index (κ2) is 6.86. The summed E-state index contributed by atoms with van der Waals surface area (Å²) >= 11 is 0. The van der Waals surface area contributed by atoms with Crippen LogP contribution in [0.1, 0.15) is 11.1 Å². The molecule has 0 bridgehead atoms. The van der Waals surface area contributed by atoms with E-state index < -0.39 is 10.2 Å². The monoisotopic (exact) mass is 376 g/mol. The number of halogens is 1. The van der Waals surface area contributed by atoms with Gasteiger partial charge in [-0.15, -0.1) is 0 Å². The van der Waals surface area contributed by atoms with Crippen molar-refractivity contribution < 1.29 is 12.8 Å². The van der Waals surface area contributed by atoms with Crippen LogP contribution in [0.25, 0.3) is 0 Å². The zero-order valence-electron chi connectivity index (χ0n) is 14.3. The molecule has 0 unspecified atom stereocenters. The van der Waals surface area contributed by atoms with Gasteiger partial charge < -0.3 is 10.2 Å². The van der Waals surface area contributed by atoms with Gasteiger partial charge in [0.1, 0.15) is 5.82 Å². The van der Waals surface area contributed by atoms with Crippen LogP contribution in [0, 0.1) is 5.82 Å². The molecule has 2 aromatic carbocycles. The number of nitrogens with one attached hydrogen (secondary N) is 2. The molecule has 1 saturated heterocycles. The maximum Gasteiger partial charge on any atom is 0.302 e. The SMILES string of the molecule is O=S1(=O)NCc2c(N3CCNCC3)cccc2N1Cc1cccc(F)c1. The predicted molar refractivity (Wildman–Crippen MR) is 99.9 cm³/mol. The number of rotatable bonds is 3. The van der Waals surface area contributed by atoms with Crippen LogP contribution in [0.5, 0.6) is 0 Å². The van der Waals surface area contributed by atoms with E-state index in [2.05, 4.69) is 14.9 Å². The fraction of sp³-hybridized carbons (Fsp3) is 0.333. The minimum Gasteiger partial charge on any atom is -0.369 e. The van der Waals surface area contributed by atoms with E-state index in [-0.39, 0.29) is 18.9 Å². The summed E-state index contributed by atoms with van der Waals surface area (Å²) in [5, 5.41) is 3.33. The van der Waals surface area contributed by atoms with Gasteiger partial charge in [-0.3, -0.25) is 4.31 Å². The lowest BCUT2D eigenvalue weighted by Crippen LogP contribution is -2.47. The first-order chi connectivity index (χ1) is 12.5. The topological polar surface area (TPSA) is 64.7 Å². The van der Waals surface area contributed by atoms with Gasteiger partial charge in [-0.1, -0.05) is 18.2 Å². The van der Waals surface area contributed by atoms with Crippen LogP contribution in [-0.2, 0) is 23.3 Å². The van der Waals surface area contributed by atoms with Crippen molar-refractivity contribution in [2.45, 2.75) is 13.1 Å². The summed E-state index contributed by atoms with van der Waals surface area (Å²) in [6.45, 7) is 3.92. The number of piperazine rings is 1. The van der Waals surface area contributed by atoms with Gasteiger partial charge in [-0.25, -0.2) is 4.39 Å². The minimum absolute atomic E-state index is 0.0884. The molecule has 2 aromatic rings. The fourth-order valence-corrected chi connectivity index (χ4v) is 4.75. The number of hydrogen-bond acceptors (Lipinski definition) is 4. The Morgan fingerprint density at radius 1 is 1.04 bits per heavy atom. The average molecular weight is 376 g/mol. The highest BCUT2D eigenvalue weighted by Crippen LogP contribution is 2.35. The molecule has 4 rings (SSSR count). The summed E-state index contributed by atoms with van der Waals surface area (Å²) in [7, 11) is -3.67. The highest BCUT2D eigenvalue weighted by molar-refractivity contribution is 7.90. The van der Waals surface area contributed by atoms with Gasteiger partial charge in [-0.2, -0.15) is 13.1 Å². The van der Waals surface area contributed by atoms with Gasteiger partial charge in [0.2, 0.25) is 0 Å². The normalized spacial score (nSPS) is 19.3. The molecule has 2 N–H and O–H groups in total. The number of anilines is 2. The largest absolute Gasteiger partial charge is 0.369 e. The molecule has 0 radical (unpaired) electrons. The third kappa shape index (κ3) is 3.27. The molecule has 0 spiro atoms. The van der Waals surface area contributed by atoms with Gasteiger partial charge in [0.15, 0.2) is 0 Å². The smallest absolute Gasteiger partial charge is 0.302 e. The summed E-state index contributed by atoms with van der Waals surface area (Å²) in [6, 6.07) is 11.8. The predicted octanol–water partition coefficient (Wildman–Crippen LogP) is 1.59. The molecule has 0 amide bonds. The van der Waals surface area contributed by atoms with Crippen LogP contribution in [0.3, 0.4) is 0 Å². The van der Waals surface area contributed by atoms with E-state index in [1.165, 1.54) is 16.4 Å². The number of hydrogen-bond donors (Lipinski definition) is 2. The summed E-state index contributed by atoms with van der Waals surface area (Å²) in [5.74, 6) is -0.375. The van der Waals surface area contributed by atoms with Crippen LogP contribution in [0.15, 0.2) is 42.5 Å². The number of fused-ring (bicyclic) bond motifs is 1. The van der Waals surface area contributed by atoms with Crippen molar-refractivity contribution in [3.05, 3.63) is 59.4 Å². The van der Waals surface area contributed by atoms with E-state index >= 15 is 0 Å². The lowest BCUT2D eigenvalue weighted by atomic mass is 10.1. The van der Waals surface area contributed by atoms with E-state index in [1.54, 1.807) is 12.1 Å². The van der Waals surface area contributed by atoms with E-state index in [0.29, 0.717) is 11.3 Å². The Bertz CT molecular complexity index is 913. The van der Waals surface area contributed by atoms with Gasteiger partial charge in [0, 0.05) is 44.0 Å². The molecular weight excluding hydrogens is 355 g/mol. The van der Waals surface area contributed by atoms with Gasteiger partial charge in [0.05, 0.1) is 12.2 Å². The van der Waals surface area contributed by atoms with Crippen molar-refractivity contribution >= 4 is 21.6 Å². The molecule has 138 valence electrons. The van der Waals surface area contributed by atoms with Crippen molar-refractivity contribution in [1.82, 2.24) is 10.0 Å². The molecule has 0 saturated carbocycles. The van der Waals surface area contributed by atoms with Crippen LogP contribution >= 0.6 is 0 Å². The Morgan fingerprint density at radius 2 is 1.77 bits per heavy atom. The summed E-state index contributed by atoms with van der Waals surface area (Å²) in [4.78, 5) is 2.27. The lowest BCUT2D eigenvalue weighted by Gasteiger charge is -2.36. The van der Waals surface area contributed by atoms with E-state index in [4.69, 9.17) is 0 Å². The molecule has 0 atom stereocenters. The fourth-order valence-electron chi connectivity index (χ4n) is 3.52. The Balaban J connectivity index is 1.73. The first-order valence-electron chi connectivity index (χ1n) is 8.64.